The molecule has 4 rings (SSSR count). The van der Waals surface area contributed by atoms with Gasteiger partial charge in [-0.2, -0.15) is 0 Å². The third-order valence-corrected chi connectivity index (χ3v) is 6.00. The zero-order valence-corrected chi connectivity index (χ0v) is 19.6. The van der Waals surface area contributed by atoms with Crippen LogP contribution in [0.5, 0.6) is 5.75 Å². The Morgan fingerprint density at radius 2 is 1.54 bits per heavy atom. The van der Waals surface area contributed by atoms with Gasteiger partial charge in [0, 0.05) is 6.92 Å². The molecule has 0 radical (unpaired) electrons. The molecule has 35 heavy (non-hydrogen) atoms. The molecule has 1 aliphatic rings. The van der Waals surface area contributed by atoms with Gasteiger partial charge in [0.25, 0.3) is 5.91 Å². The fraction of sp³-hybridized carbons (Fsp3) is 0.214. The molecule has 7 heteroatoms. The fourth-order valence-electron chi connectivity index (χ4n) is 4.35. The Kier molecular flexibility index (Phi) is 7.06. The second-order valence-electron chi connectivity index (χ2n) is 8.42. The molecule has 0 aromatic heterocycles. The SMILES string of the molecule is CC(=O)Oc1ccc(N2C(=O)CC(N(C(=O)Cc3ccccc3)C(C)c3ccccc3)C2=O)cc1. The van der Waals surface area contributed by atoms with Crippen molar-refractivity contribution < 1.29 is 23.9 Å². The number of hydrogen-bond acceptors (Lipinski definition) is 5. The van der Waals surface area contributed by atoms with Crippen molar-refractivity contribution in [2.75, 3.05) is 4.90 Å². The summed E-state index contributed by atoms with van der Waals surface area (Å²) in [6.45, 7) is 3.16. The quantitative estimate of drug-likeness (QED) is 0.295. The summed E-state index contributed by atoms with van der Waals surface area (Å²) in [6.07, 6.45) is 0.00923. The number of hydrogen-bond donors (Lipinski definition) is 0. The molecular weight excluding hydrogens is 444 g/mol. The lowest BCUT2D eigenvalue weighted by Crippen LogP contribution is -2.47. The number of nitrogens with zero attached hydrogens (tertiary/aromatic N) is 2. The second kappa shape index (κ2) is 10.3. The van der Waals surface area contributed by atoms with E-state index in [2.05, 4.69) is 0 Å². The van der Waals surface area contributed by atoms with E-state index in [-0.39, 0.29) is 18.7 Å². The summed E-state index contributed by atoms with van der Waals surface area (Å²) < 4.78 is 5.03. The zero-order valence-electron chi connectivity index (χ0n) is 19.6. The number of imide groups is 1. The third-order valence-electron chi connectivity index (χ3n) is 6.00. The predicted molar refractivity (Wildman–Crippen MR) is 130 cm³/mol. The molecule has 0 saturated carbocycles. The molecule has 7 nitrogen and oxygen atoms in total. The molecule has 0 spiro atoms. The highest BCUT2D eigenvalue weighted by Gasteiger charge is 2.45. The van der Waals surface area contributed by atoms with Crippen LogP contribution in [0.4, 0.5) is 5.69 Å². The Morgan fingerprint density at radius 3 is 2.14 bits per heavy atom. The van der Waals surface area contributed by atoms with E-state index in [9.17, 15) is 19.2 Å². The van der Waals surface area contributed by atoms with Gasteiger partial charge in [-0.05, 0) is 42.3 Å². The summed E-state index contributed by atoms with van der Waals surface area (Å²) in [4.78, 5) is 53.9. The van der Waals surface area contributed by atoms with E-state index < -0.39 is 29.9 Å². The maximum atomic E-state index is 13.6. The first kappa shape index (κ1) is 23.9. The van der Waals surface area contributed by atoms with Gasteiger partial charge >= 0.3 is 5.97 Å². The van der Waals surface area contributed by atoms with E-state index in [4.69, 9.17) is 4.74 Å². The second-order valence-corrected chi connectivity index (χ2v) is 8.42. The summed E-state index contributed by atoms with van der Waals surface area (Å²) >= 11 is 0. The van der Waals surface area contributed by atoms with Crippen molar-refractivity contribution in [1.29, 1.82) is 0 Å². The molecule has 2 atom stereocenters. The number of carbonyl (C=O) groups excluding carboxylic acids is 4. The van der Waals surface area contributed by atoms with Gasteiger partial charge in [-0.25, -0.2) is 4.90 Å². The summed E-state index contributed by atoms with van der Waals surface area (Å²) in [5.41, 5.74) is 2.07. The number of benzene rings is 3. The van der Waals surface area contributed by atoms with Gasteiger partial charge in [0.05, 0.1) is 24.6 Å². The van der Waals surface area contributed by atoms with Gasteiger partial charge < -0.3 is 9.64 Å². The number of rotatable bonds is 7. The maximum Gasteiger partial charge on any atom is 0.308 e. The van der Waals surface area contributed by atoms with E-state index in [0.29, 0.717) is 11.4 Å². The van der Waals surface area contributed by atoms with Crippen molar-refractivity contribution in [2.24, 2.45) is 0 Å². The van der Waals surface area contributed by atoms with Gasteiger partial charge in [0.15, 0.2) is 0 Å². The molecule has 0 bridgehead atoms. The van der Waals surface area contributed by atoms with Crippen LogP contribution in [-0.4, -0.2) is 34.6 Å². The first-order chi connectivity index (χ1) is 16.8. The lowest BCUT2D eigenvalue weighted by atomic mass is 10.0. The van der Waals surface area contributed by atoms with Crippen LogP contribution in [0.15, 0.2) is 84.9 Å². The summed E-state index contributed by atoms with van der Waals surface area (Å²) in [5, 5.41) is 0. The Morgan fingerprint density at radius 1 is 0.943 bits per heavy atom. The highest BCUT2D eigenvalue weighted by molar-refractivity contribution is 6.23. The Labute approximate surface area is 203 Å². The van der Waals surface area contributed by atoms with E-state index in [1.807, 2.05) is 67.6 Å². The number of anilines is 1. The van der Waals surface area contributed by atoms with Crippen molar-refractivity contribution in [3.63, 3.8) is 0 Å². The van der Waals surface area contributed by atoms with E-state index in [1.165, 1.54) is 24.0 Å². The van der Waals surface area contributed by atoms with Gasteiger partial charge in [0.1, 0.15) is 11.8 Å². The topological polar surface area (TPSA) is 84.0 Å². The van der Waals surface area contributed by atoms with Crippen LogP contribution >= 0.6 is 0 Å². The Balaban J connectivity index is 1.63. The van der Waals surface area contributed by atoms with Crippen molar-refractivity contribution >= 4 is 29.4 Å². The lowest BCUT2D eigenvalue weighted by Gasteiger charge is -2.34. The zero-order chi connectivity index (χ0) is 24.9. The number of ether oxygens (including phenoxy) is 1. The van der Waals surface area contributed by atoms with Crippen LogP contribution in [0.25, 0.3) is 0 Å². The first-order valence-electron chi connectivity index (χ1n) is 11.4. The van der Waals surface area contributed by atoms with Crippen LogP contribution in [0.2, 0.25) is 0 Å². The summed E-state index contributed by atoms with van der Waals surface area (Å²) in [5.74, 6) is -1.23. The molecule has 1 heterocycles. The molecule has 178 valence electrons. The summed E-state index contributed by atoms with van der Waals surface area (Å²) in [7, 11) is 0. The number of amides is 3. The smallest absolute Gasteiger partial charge is 0.308 e. The standard InChI is InChI=1S/C28H26N2O5/c1-19(22-11-7-4-8-12-22)29(26(32)17-21-9-5-3-6-10-21)25-18-27(33)30(28(25)34)23-13-15-24(16-14-23)35-20(2)31/h3-16,19,25H,17-18H2,1-2H3. The van der Waals surface area contributed by atoms with Gasteiger partial charge in [-0.1, -0.05) is 60.7 Å². The van der Waals surface area contributed by atoms with Crippen molar-refractivity contribution in [3.8, 4) is 5.75 Å². The van der Waals surface area contributed by atoms with Gasteiger partial charge in [-0.3, -0.25) is 19.2 Å². The fourth-order valence-corrected chi connectivity index (χ4v) is 4.35. The predicted octanol–water partition coefficient (Wildman–Crippen LogP) is 4.08. The van der Waals surface area contributed by atoms with Crippen LogP contribution in [0, 0.1) is 0 Å². The van der Waals surface area contributed by atoms with Crippen molar-refractivity contribution in [3.05, 3.63) is 96.1 Å². The number of esters is 1. The van der Waals surface area contributed by atoms with Crippen LogP contribution < -0.4 is 9.64 Å². The highest BCUT2D eigenvalue weighted by atomic mass is 16.5. The van der Waals surface area contributed by atoms with Crippen LogP contribution in [-0.2, 0) is 25.6 Å². The molecule has 2 unspecified atom stereocenters. The minimum atomic E-state index is -0.929. The molecule has 0 aliphatic carbocycles. The molecule has 3 aromatic carbocycles. The van der Waals surface area contributed by atoms with Crippen molar-refractivity contribution in [1.82, 2.24) is 4.90 Å². The van der Waals surface area contributed by atoms with Gasteiger partial charge in [0.2, 0.25) is 11.8 Å². The average molecular weight is 471 g/mol. The highest BCUT2D eigenvalue weighted by Crippen LogP contribution is 2.32. The minimum Gasteiger partial charge on any atom is -0.427 e. The average Bonchev–Trinajstić information content (AvgIpc) is 3.14. The molecule has 1 saturated heterocycles. The maximum absolute atomic E-state index is 13.6. The number of carbonyl (C=O) groups is 4. The molecule has 3 amide bonds. The van der Waals surface area contributed by atoms with E-state index in [1.54, 1.807) is 12.1 Å². The van der Waals surface area contributed by atoms with Gasteiger partial charge in [-0.15, -0.1) is 0 Å². The van der Waals surface area contributed by atoms with Crippen LogP contribution in [0.3, 0.4) is 0 Å². The Bertz CT molecular complexity index is 1230. The third kappa shape index (κ3) is 5.30. The minimum absolute atomic E-state index is 0.109. The van der Waals surface area contributed by atoms with E-state index in [0.717, 1.165) is 16.0 Å². The molecule has 0 N–H and O–H groups in total. The Hall–Kier alpha value is -4.26. The molecule has 1 aliphatic heterocycles. The van der Waals surface area contributed by atoms with Crippen molar-refractivity contribution in [2.45, 2.75) is 38.8 Å². The normalized spacial score (nSPS) is 16.2. The molecule has 3 aromatic rings. The molecule has 1 fully saturated rings. The monoisotopic (exact) mass is 470 g/mol. The van der Waals surface area contributed by atoms with Crippen LogP contribution in [0.1, 0.15) is 37.4 Å². The largest absolute Gasteiger partial charge is 0.427 e. The summed E-state index contributed by atoms with van der Waals surface area (Å²) in [6, 6.07) is 23.6. The molecular formula is C28H26N2O5. The van der Waals surface area contributed by atoms with E-state index >= 15 is 0 Å². The lowest BCUT2D eigenvalue weighted by molar-refractivity contribution is -0.140. The first-order valence-corrected chi connectivity index (χ1v) is 11.4.